The predicted molar refractivity (Wildman–Crippen MR) is 105 cm³/mol. The third kappa shape index (κ3) is 4.52. The second kappa shape index (κ2) is 8.49. The van der Waals surface area contributed by atoms with Gasteiger partial charge in [0.2, 0.25) is 5.91 Å². The first kappa shape index (κ1) is 18.6. The van der Waals surface area contributed by atoms with Gasteiger partial charge in [0.15, 0.2) is 5.17 Å². The average molecular weight is 373 g/mol. The molecular formula is C19H23N3O3S. The van der Waals surface area contributed by atoms with Crippen molar-refractivity contribution in [3.63, 3.8) is 0 Å². The summed E-state index contributed by atoms with van der Waals surface area (Å²) in [6, 6.07) is 7.23. The number of benzene rings is 1. The molecule has 7 heteroatoms. The minimum atomic E-state index is -0.405. The standard InChI is InChI=1S/C19H23N3O3S/c1-3-25-14-10-8-13(9-11-14)20-17(23)12(2)26-19-21-16-7-5-4-6-15(16)18(24)22-19/h8-12,15H,3-7H2,1-2H3,(H,20,23). The van der Waals surface area contributed by atoms with E-state index in [0.717, 1.165) is 37.1 Å². The summed E-state index contributed by atoms with van der Waals surface area (Å²) in [5.74, 6) is 0.360. The Labute approximate surface area is 157 Å². The minimum Gasteiger partial charge on any atom is -0.494 e. The van der Waals surface area contributed by atoms with Crippen LogP contribution in [0.1, 0.15) is 39.5 Å². The SMILES string of the molecule is CCOc1ccc(NC(=O)C(C)SC2=NC(=O)C3CCCCC3=N2)cc1. The predicted octanol–water partition coefficient (Wildman–Crippen LogP) is 3.67. The Morgan fingerprint density at radius 2 is 2.08 bits per heavy atom. The Morgan fingerprint density at radius 1 is 1.31 bits per heavy atom. The highest BCUT2D eigenvalue weighted by molar-refractivity contribution is 8.15. The number of nitrogens with one attached hydrogen (secondary N) is 1. The molecule has 2 atom stereocenters. The van der Waals surface area contributed by atoms with Crippen LogP contribution in [0.4, 0.5) is 5.69 Å². The molecule has 1 N–H and O–H groups in total. The molecule has 2 amide bonds. The van der Waals surface area contributed by atoms with Gasteiger partial charge in [-0.15, -0.1) is 0 Å². The second-order valence-electron chi connectivity index (χ2n) is 6.34. The molecule has 3 rings (SSSR count). The van der Waals surface area contributed by atoms with Crippen LogP contribution in [0.25, 0.3) is 0 Å². The first-order chi connectivity index (χ1) is 12.6. The van der Waals surface area contributed by atoms with Gasteiger partial charge in [-0.1, -0.05) is 18.2 Å². The van der Waals surface area contributed by atoms with Crippen LogP contribution in [0.5, 0.6) is 5.75 Å². The van der Waals surface area contributed by atoms with Crippen molar-refractivity contribution < 1.29 is 14.3 Å². The van der Waals surface area contributed by atoms with Crippen molar-refractivity contribution in [3.05, 3.63) is 24.3 Å². The highest BCUT2D eigenvalue weighted by atomic mass is 32.2. The summed E-state index contributed by atoms with van der Waals surface area (Å²) in [6.45, 7) is 4.31. The van der Waals surface area contributed by atoms with Crippen molar-refractivity contribution >= 4 is 40.1 Å². The quantitative estimate of drug-likeness (QED) is 0.854. The number of fused-ring (bicyclic) bond motifs is 1. The van der Waals surface area contributed by atoms with Gasteiger partial charge in [0.25, 0.3) is 5.91 Å². The van der Waals surface area contributed by atoms with Gasteiger partial charge in [0.1, 0.15) is 5.75 Å². The molecular weight excluding hydrogens is 350 g/mol. The summed E-state index contributed by atoms with van der Waals surface area (Å²) in [5.41, 5.74) is 1.63. The maximum atomic E-state index is 12.4. The van der Waals surface area contributed by atoms with Crippen molar-refractivity contribution in [1.82, 2.24) is 0 Å². The summed E-state index contributed by atoms with van der Waals surface area (Å²) in [6.07, 6.45) is 3.80. The fourth-order valence-electron chi connectivity index (χ4n) is 3.02. The topological polar surface area (TPSA) is 80.1 Å². The number of ether oxygens (including phenoxy) is 1. The molecule has 1 aromatic carbocycles. The van der Waals surface area contributed by atoms with Crippen LogP contribution >= 0.6 is 11.8 Å². The third-order valence-corrected chi connectivity index (χ3v) is 5.37. The van der Waals surface area contributed by atoms with Crippen LogP contribution in [0.2, 0.25) is 0 Å². The van der Waals surface area contributed by atoms with E-state index in [-0.39, 0.29) is 17.7 Å². The van der Waals surface area contributed by atoms with Crippen molar-refractivity contribution in [3.8, 4) is 5.75 Å². The van der Waals surface area contributed by atoms with Gasteiger partial charge >= 0.3 is 0 Å². The molecule has 2 unspecified atom stereocenters. The molecule has 0 saturated heterocycles. The van der Waals surface area contributed by atoms with Crippen molar-refractivity contribution in [2.45, 2.75) is 44.8 Å². The summed E-state index contributed by atoms with van der Waals surface area (Å²) in [4.78, 5) is 33.2. The summed E-state index contributed by atoms with van der Waals surface area (Å²) >= 11 is 1.22. The number of amidine groups is 1. The number of rotatable bonds is 5. The van der Waals surface area contributed by atoms with Crippen LogP contribution in [-0.2, 0) is 9.59 Å². The van der Waals surface area contributed by atoms with Crippen molar-refractivity contribution in [1.29, 1.82) is 0 Å². The zero-order valence-corrected chi connectivity index (χ0v) is 15.8. The van der Waals surface area contributed by atoms with E-state index in [2.05, 4.69) is 15.3 Å². The maximum Gasteiger partial charge on any atom is 0.256 e. The molecule has 0 aromatic heterocycles. The van der Waals surface area contributed by atoms with Gasteiger partial charge in [-0.2, -0.15) is 4.99 Å². The summed E-state index contributed by atoms with van der Waals surface area (Å²) in [5, 5.41) is 2.86. The number of carbonyl (C=O) groups is 2. The van der Waals surface area contributed by atoms with Gasteiger partial charge in [0.05, 0.1) is 17.8 Å². The molecule has 0 spiro atoms. The molecule has 1 saturated carbocycles. The first-order valence-corrected chi connectivity index (χ1v) is 9.85. The molecule has 1 aromatic rings. The second-order valence-corrected chi connectivity index (χ2v) is 7.65. The molecule has 26 heavy (non-hydrogen) atoms. The van der Waals surface area contributed by atoms with Gasteiger partial charge in [-0.3, -0.25) is 9.59 Å². The lowest BCUT2D eigenvalue weighted by atomic mass is 9.86. The lowest BCUT2D eigenvalue weighted by Gasteiger charge is -2.24. The maximum absolute atomic E-state index is 12.4. The third-order valence-electron chi connectivity index (χ3n) is 4.41. The number of anilines is 1. The van der Waals surface area contributed by atoms with Crippen LogP contribution in [0, 0.1) is 5.92 Å². The van der Waals surface area contributed by atoms with Crippen LogP contribution < -0.4 is 10.1 Å². The zero-order chi connectivity index (χ0) is 18.5. The van der Waals surface area contributed by atoms with E-state index < -0.39 is 5.25 Å². The van der Waals surface area contributed by atoms with Crippen LogP contribution in [0.15, 0.2) is 34.3 Å². The molecule has 1 aliphatic carbocycles. The number of nitrogens with zero attached hydrogens (tertiary/aromatic N) is 2. The number of hydrogen-bond donors (Lipinski definition) is 1. The largest absolute Gasteiger partial charge is 0.494 e. The number of thioether (sulfide) groups is 1. The van der Waals surface area contributed by atoms with Crippen molar-refractivity contribution in [2.75, 3.05) is 11.9 Å². The number of aliphatic imine (C=N–C) groups is 2. The fourth-order valence-corrected chi connectivity index (χ4v) is 3.82. The average Bonchev–Trinajstić information content (AvgIpc) is 2.63. The number of amides is 2. The van der Waals surface area contributed by atoms with Crippen molar-refractivity contribution in [2.24, 2.45) is 15.9 Å². The van der Waals surface area contributed by atoms with Gasteiger partial charge in [0, 0.05) is 11.4 Å². The van der Waals surface area contributed by atoms with E-state index in [9.17, 15) is 9.59 Å². The molecule has 138 valence electrons. The monoisotopic (exact) mass is 373 g/mol. The smallest absolute Gasteiger partial charge is 0.256 e. The van der Waals surface area contributed by atoms with Gasteiger partial charge in [-0.05, 0) is 57.4 Å². The minimum absolute atomic E-state index is 0.115. The summed E-state index contributed by atoms with van der Waals surface area (Å²) < 4.78 is 5.39. The highest BCUT2D eigenvalue weighted by Crippen LogP contribution is 2.29. The van der Waals surface area contributed by atoms with Crippen LogP contribution in [0.3, 0.4) is 0 Å². The Morgan fingerprint density at radius 3 is 2.81 bits per heavy atom. The Kier molecular flexibility index (Phi) is 6.08. The highest BCUT2D eigenvalue weighted by Gasteiger charge is 2.31. The molecule has 1 heterocycles. The number of carbonyl (C=O) groups excluding carboxylic acids is 2. The molecule has 0 radical (unpaired) electrons. The lowest BCUT2D eigenvalue weighted by Crippen LogP contribution is -2.31. The van der Waals surface area contributed by atoms with E-state index in [1.54, 1.807) is 19.1 Å². The first-order valence-electron chi connectivity index (χ1n) is 8.97. The Balaban J connectivity index is 1.59. The lowest BCUT2D eigenvalue weighted by molar-refractivity contribution is -0.120. The molecule has 1 aliphatic heterocycles. The van der Waals surface area contributed by atoms with E-state index in [4.69, 9.17) is 4.74 Å². The molecule has 1 fully saturated rings. The van der Waals surface area contributed by atoms with E-state index in [1.165, 1.54) is 11.8 Å². The van der Waals surface area contributed by atoms with E-state index >= 15 is 0 Å². The van der Waals surface area contributed by atoms with Crippen LogP contribution in [-0.4, -0.2) is 34.6 Å². The molecule has 2 aliphatic rings. The fraction of sp³-hybridized carbons (Fsp3) is 0.474. The zero-order valence-electron chi connectivity index (χ0n) is 15.0. The van der Waals surface area contributed by atoms with E-state index in [1.807, 2.05) is 19.1 Å². The molecule has 6 nitrogen and oxygen atoms in total. The Hall–Kier alpha value is -2.15. The normalized spacial score (nSPS) is 20.5. The number of hydrogen-bond acceptors (Lipinski definition) is 5. The molecule has 0 bridgehead atoms. The van der Waals surface area contributed by atoms with Gasteiger partial charge in [-0.25, -0.2) is 4.99 Å². The van der Waals surface area contributed by atoms with E-state index in [0.29, 0.717) is 17.5 Å². The Bertz CT molecular complexity index is 743. The van der Waals surface area contributed by atoms with Gasteiger partial charge < -0.3 is 10.1 Å². The summed E-state index contributed by atoms with van der Waals surface area (Å²) in [7, 11) is 0.